The number of rotatable bonds is 4. The van der Waals surface area contributed by atoms with E-state index in [2.05, 4.69) is 5.32 Å². The molecule has 0 saturated carbocycles. The summed E-state index contributed by atoms with van der Waals surface area (Å²) >= 11 is 11.9. The second-order valence-corrected chi connectivity index (χ2v) is 9.30. The van der Waals surface area contributed by atoms with Gasteiger partial charge in [0.2, 0.25) is 10.0 Å². The van der Waals surface area contributed by atoms with Crippen LogP contribution in [0.4, 0.5) is 5.69 Å². The molecule has 0 unspecified atom stereocenters. The molecule has 0 radical (unpaired) electrons. The van der Waals surface area contributed by atoms with Crippen LogP contribution in [-0.2, 0) is 10.0 Å². The Balaban J connectivity index is 1.76. The first-order valence-electron chi connectivity index (χ1n) is 8.67. The second-order valence-electron chi connectivity index (χ2n) is 6.56. The molecule has 0 spiro atoms. The Morgan fingerprint density at radius 1 is 1.11 bits per heavy atom. The fraction of sp³-hybridized carbons (Fsp3) is 0.316. The largest absolute Gasteiger partial charge is 0.322 e. The average molecular weight is 427 g/mol. The van der Waals surface area contributed by atoms with Crippen molar-refractivity contribution in [1.82, 2.24) is 4.31 Å². The van der Waals surface area contributed by atoms with E-state index in [1.807, 2.05) is 6.92 Å². The summed E-state index contributed by atoms with van der Waals surface area (Å²) in [6.07, 6.45) is 2.79. The van der Waals surface area contributed by atoms with Crippen LogP contribution in [0.3, 0.4) is 0 Å². The van der Waals surface area contributed by atoms with Crippen LogP contribution >= 0.6 is 23.2 Å². The normalized spacial score (nSPS) is 18.3. The summed E-state index contributed by atoms with van der Waals surface area (Å²) in [5, 5.41) is 3.40. The van der Waals surface area contributed by atoms with Crippen LogP contribution in [0.25, 0.3) is 0 Å². The average Bonchev–Trinajstić information content (AvgIpc) is 2.62. The molecule has 1 atom stereocenters. The van der Waals surface area contributed by atoms with Crippen molar-refractivity contribution in [2.24, 2.45) is 0 Å². The molecule has 144 valence electrons. The van der Waals surface area contributed by atoms with Crippen LogP contribution in [0.2, 0.25) is 10.0 Å². The molecule has 8 heteroatoms. The minimum atomic E-state index is -3.54. The van der Waals surface area contributed by atoms with Crippen molar-refractivity contribution < 1.29 is 13.2 Å². The lowest BCUT2D eigenvalue weighted by Gasteiger charge is -2.32. The molecular weight excluding hydrogens is 407 g/mol. The Morgan fingerprint density at radius 3 is 2.44 bits per heavy atom. The number of halogens is 2. The number of hydrogen-bond donors (Lipinski definition) is 1. The fourth-order valence-corrected chi connectivity index (χ4v) is 5.34. The zero-order valence-electron chi connectivity index (χ0n) is 14.8. The maximum atomic E-state index is 12.8. The Bertz CT molecular complexity index is 946. The van der Waals surface area contributed by atoms with E-state index in [1.165, 1.54) is 24.3 Å². The Hall–Kier alpha value is -1.60. The molecule has 1 heterocycles. The van der Waals surface area contributed by atoms with E-state index < -0.39 is 15.9 Å². The minimum absolute atomic E-state index is 0.00447. The van der Waals surface area contributed by atoms with Crippen LogP contribution in [0, 0.1) is 0 Å². The molecule has 1 aliphatic heterocycles. The molecule has 1 amide bonds. The van der Waals surface area contributed by atoms with Gasteiger partial charge in [-0.3, -0.25) is 4.79 Å². The van der Waals surface area contributed by atoms with Gasteiger partial charge in [0.25, 0.3) is 5.91 Å². The van der Waals surface area contributed by atoms with E-state index in [0.29, 0.717) is 22.8 Å². The van der Waals surface area contributed by atoms with Gasteiger partial charge in [-0.25, -0.2) is 8.42 Å². The Kier molecular flexibility index (Phi) is 6.11. The lowest BCUT2D eigenvalue weighted by atomic mass is 10.1. The number of hydrogen-bond acceptors (Lipinski definition) is 3. The SMILES string of the molecule is C[C@@H]1CCCCN1S(=O)(=O)c1ccc(NC(=O)c2ccc(Cl)cc2Cl)cc1. The van der Waals surface area contributed by atoms with Gasteiger partial charge in [0.1, 0.15) is 0 Å². The highest BCUT2D eigenvalue weighted by Crippen LogP contribution is 2.26. The monoisotopic (exact) mass is 426 g/mol. The first-order chi connectivity index (χ1) is 12.8. The third kappa shape index (κ3) is 4.46. The van der Waals surface area contributed by atoms with E-state index in [0.717, 1.165) is 19.3 Å². The molecule has 0 aliphatic carbocycles. The lowest BCUT2D eigenvalue weighted by molar-refractivity contribution is 0.102. The summed E-state index contributed by atoms with van der Waals surface area (Å²) in [4.78, 5) is 12.6. The smallest absolute Gasteiger partial charge is 0.257 e. The molecule has 2 aromatic carbocycles. The van der Waals surface area contributed by atoms with Gasteiger partial charge < -0.3 is 5.32 Å². The van der Waals surface area contributed by atoms with E-state index in [9.17, 15) is 13.2 Å². The number of benzene rings is 2. The Morgan fingerprint density at radius 2 is 1.81 bits per heavy atom. The van der Waals surface area contributed by atoms with Crippen molar-refractivity contribution in [3.63, 3.8) is 0 Å². The zero-order valence-corrected chi connectivity index (χ0v) is 17.1. The molecule has 27 heavy (non-hydrogen) atoms. The summed E-state index contributed by atoms with van der Waals surface area (Å²) in [5.74, 6) is -0.392. The van der Waals surface area contributed by atoms with E-state index in [4.69, 9.17) is 23.2 Å². The number of amides is 1. The molecule has 1 aliphatic rings. The van der Waals surface area contributed by atoms with Crippen molar-refractivity contribution in [3.05, 3.63) is 58.1 Å². The van der Waals surface area contributed by atoms with E-state index in [-0.39, 0.29) is 16.0 Å². The predicted octanol–water partition coefficient (Wildman–Crippen LogP) is 4.81. The first kappa shape index (κ1) is 20.1. The quantitative estimate of drug-likeness (QED) is 0.762. The molecular formula is C19H20Cl2N2O3S. The predicted molar refractivity (Wildman–Crippen MR) is 108 cm³/mol. The van der Waals surface area contributed by atoms with Gasteiger partial charge in [0.15, 0.2) is 0 Å². The highest BCUT2D eigenvalue weighted by atomic mass is 35.5. The van der Waals surface area contributed by atoms with Crippen LogP contribution in [0.15, 0.2) is 47.4 Å². The van der Waals surface area contributed by atoms with Gasteiger partial charge in [0, 0.05) is 23.3 Å². The summed E-state index contributed by atoms with van der Waals surface area (Å²) in [6.45, 7) is 2.47. The lowest BCUT2D eigenvalue weighted by Crippen LogP contribution is -2.41. The van der Waals surface area contributed by atoms with Gasteiger partial charge in [0.05, 0.1) is 15.5 Å². The molecule has 0 bridgehead atoms. The second kappa shape index (κ2) is 8.19. The van der Waals surface area contributed by atoms with Gasteiger partial charge in [-0.2, -0.15) is 4.31 Å². The van der Waals surface area contributed by atoms with Gasteiger partial charge in [-0.15, -0.1) is 0 Å². The van der Waals surface area contributed by atoms with Crippen molar-refractivity contribution in [2.45, 2.75) is 37.1 Å². The number of nitrogens with zero attached hydrogens (tertiary/aromatic N) is 1. The number of piperidine rings is 1. The number of sulfonamides is 1. The first-order valence-corrected chi connectivity index (χ1v) is 10.9. The summed E-state index contributed by atoms with van der Waals surface area (Å²) < 4.78 is 27.2. The number of carbonyl (C=O) groups excluding carboxylic acids is 1. The molecule has 1 N–H and O–H groups in total. The van der Waals surface area contributed by atoms with Gasteiger partial charge in [-0.05, 0) is 62.2 Å². The summed E-state index contributed by atoms with van der Waals surface area (Å²) in [6, 6.07) is 10.8. The number of carbonyl (C=O) groups is 1. The maximum absolute atomic E-state index is 12.8. The number of anilines is 1. The zero-order chi connectivity index (χ0) is 19.6. The van der Waals surface area contributed by atoms with E-state index >= 15 is 0 Å². The topological polar surface area (TPSA) is 66.5 Å². The molecule has 1 fully saturated rings. The van der Waals surface area contributed by atoms with Crippen LogP contribution in [-0.4, -0.2) is 31.2 Å². The number of nitrogens with one attached hydrogen (secondary N) is 1. The Labute approximate surface area is 169 Å². The third-order valence-electron chi connectivity index (χ3n) is 4.64. The van der Waals surface area contributed by atoms with Crippen LogP contribution < -0.4 is 5.32 Å². The molecule has 5 nitrogen and oxygen atoms in total. The molecule has 0 aromatic heterocycles. The maximum Gasteiger partial charge on any atom is 0.257 e. The molecule has 1 saturated heterocycles. The van der Waals surface area contributed by atoms with Crippen LogP contribution in [0.5, 0.6) is 0 Å². The van der Waals surface area contributed by atoms with Crippen molar-refractivity contribution in [1.29, 1.82) is 0 Å². The highest BCUT2D eigenvalue weighted by Gasteiger charge is 2.30. The van der Waals surface area contributed by atoms with Crippen LogP contribution in [0.1, 0.15) is 36.5 Å². The molecule has 2 aromatic rings. The van der Waals surface area contributed by atoms with Crippen molar-refractivity contribution >= 4 is 44.8 Å². The standard InChI is InChI=1S/C19H20Cl2N2O3S/c1-13-4-2-3-11-23(13)27(25,26)16-8-6-15(7-9-16)22-19(24)17-10-5-14(20)12-18(17)21/h5-10,12-13H,2-4,11H2,1H3,(H,22,24)/t13-/m1/s1. The fourth-order valence-electron chi connectivity index (χ4n) is 3.15. The minimum Gasteiger partial charge on any atom is -0.322 e. The third-order valence-corrected chi connectivity index (χ3v) is 7.21. The van der Waals surface area contributed by atoms with Gasteiger partial charge in [-0.1, -0.05) is 29.6 Å². The highest BCUT2D eigenvalue weighted by molar-refractivity contribution is 7.89. The van der Waals surface area contributed by atoms with Crippen molar-refractivity contribution in [2.75, 3.05) is 11.9 Å². The summed E-state index contributed by atoms with van der Waals surface area (Å²) in [5.41, 5.74) is 0.775. The van der Waals surface area contributed by atoms with Crippen molar-refractivity contribution in [3.8, 4) is 0 Å². The summed E-state index contributed by atoms with van der Waals surface area (Å²) in [7, 11) is -3.54. The van der Waals surface area contributed by atoms with E-state index in [1.54, 1.807) is 22.5 Å². The van der Waals surface area contributed by atoms with Gasteiger partial charge >= 0.3 is 0 Å². The molecule has 3 rings (SSSR count).